The van der Waals surface area contributed by atoms with Gasteiger partial charge in [-0.3, -0.25) is 9.69 Å². The molecule has 1 rings (SSSR count). The zero-order chi connectivity index (χ0) is 12.2. The molecule has 1 heterocycles. The first kappa shape index (κ1) is 13.5. The van der Waals surface area contributed by atoms with Gasteiger partial charge in [0.05, 0.1) is 19.1 Å². The number of hydrogen-bond donors (Lipinski definition) is 0. The first-order chi connectivity index (χ1) is 7.41. The van der Waals surface area contributed by atoms with E-state index in [0.29, 0.717) is 0 Å². The Morgan fingerprint density at radius 2 is 1.94 bits per heavy atom. The van der Waals surface area contributed by atoms with Gasteiger partial charge in [-0.05, 0) is 13.8 Å². The highest BCUT2D eigenvalue weighted by atomic mass is 16.6. The van der Waals surface area contributed by atoms with Crippen LogP contribution in [0.4, 0.5) is 0 Å². The smallest absolute Gasteiger partial charge is 0.308 e. The highest BCUT2D eigenvalue weighted by Crippen LogP contribution is 2.15. The van der Waals surface area contributed by atoms with Gasteiger partial charge in [0.2, 0.25) is 0 Å². The second-order valence-corrected chi connectivity index (χ2v) is 5.22. The van der Waals surface area contributed by atoms with E-state index in [2.05, 4.69) is 4.90 Å². The first-order valence-electron chi connectivity index (χ1n) is 5.94. The minimum absolute atomic E-state index is 0.0658. The number of carbonyl (C=O) groups is 1. The Kier molecular flexibility index (Phi) is 4.74. The molecule has 0 bridgehead atoms. The van der Waals surface area contributed by atoms with E-state index in [1.54, 1.807) is 0 Å². The van der Waals surface area contributed by atoms with Gasteiger partial charge in [0.15, 0.2) is 0 Å². The Hall–Kier alpha value is -0.610. The van der Waals surface area contributed by atoms with E-state index < -0.39 is 5.60 Å². The lowest BCUT2D eigenvalue weighted by Gasteiger charge is -2.34. The van der Waals surface area contributed by atoms with E-state index in [0.717, 1.165) is 32.8 Å². The molecule has 4 nitrogen and oxygen atoms in total. The van der Waals surface area contributed by atoms with Gasteiger partial charge < -0.3 is 9.47 Å². The summed E-state index contributed by atoms with van der Waals surface area (Å²) in [5.41, 5.74) is -0.418. The quantitative estimate of drug-likeness (QED) is 0.681. The Balaban J connectivity index is 2.40. The van der Waals surface area contributed by atoms with Crippen molar-refractivity contribution in [3.8, 4) is 0 Å². The average molecular weight is 229 g/mol. The minimum Gasteiger partial charge on any atom is -0.458 e. The first-order valence-corrected chi connectivity index (χ1v) is 5.94. The van der Waals surface area contributed by atoms with Crippen LogP contribution in [0.3, 0.4) is 0 Å². The molecular weight excluding hydrogens is 206 g/mol. The molecule has 0 amide bonds. The van der Waals surface area contributed by atoms with Gasteiger partial charge in [-0.2, -0.15) is 0 Å². The molecule has 0 aromatic rings. The van der Waals surface area contributed by atoms with Gasteiger partial charge in [-0.1, -0.05) is 13.8 Å². The molecule has 0 N–H and O–H groups in total. The van der Waals surface area contributed by atoms with Crippen LogP contribution in [0.25, 0.3) is 0 Å². The maximum atomic E-state index is 11.5. The fraction of sp³-hybridized carbons (Fsp3) is 0.917. The molecule has 0 aromatic carbocycles. The Bertz CT molecular complexity index is 232. The number of carbonyl (C=O) groups excluding carboxylic acids is 1. The standard InChI is InChI=1S/C12H23NO3/c1-10(2)11(14)16-12(3,4)9-13-5-7-15-8-6-13/h10H,5-9H2,1-4H3. The third kappa shape index (κ3) is 4.49. The van der Waals surface area contributed by atoms with E-state index in [1.807, 2.05) is 27.7 Å². The van der Waals surface area contributed by atoms with Gasteiger partial charge in [0, 0.05) is 19.6 Å². The zero-order valence-electron chi connectivity index (χ0n) is 10.8. The van der Waals surface area contributed by atoms with Gasteiger partial charge in [-0.25, -0.2) is 0 Å². The predicted molar refractivity (Wildman–Crippen MR) is 62.3 cm³/mol. The Labute approximate surface area is 97.9 Å². The molecule has 0 spiro atoms. The van der Waals surface area contributed by atoms with Crippen LogP contribution in [0.15, 0.2) is 0 Å². The van der Waals surface area contributed by atoms with E-state index in [-0.39, 0.29) is 11.9 Å². The average Bonchev–Trinajstić information content (AvgIpc) is 2.17. The molecule has 0 aromatic heterocycles. The van der Waals surface area contributed by atoms with Crippen LogP contribution >= 0.6 is 0 Å². The molecule has 0 radical (unpaired) electrons. The van der Waals surface area contributed by atoms with Crippen molar-refractivity contribution in [2.45, 2.75) is 33.3 Å². The molecule has 1 fully saturated rings. The van der Waals surface area contributed by atoms with Gasteiger partial charge in [0.25, 0.3) is 0 Å². The summed E-state index contributed by atoms with van der Waals surface area (Å²) in [6, 6.07) is 0. The molecule has 16 heavy (non-hydrogen) atoms. The third-order valence-corrected chi connectivity index (χ3v) is 2.56. The summed E-state index contributed by atoms with van der Waals surface area (Å²) in [5.74, 6) is -0.192. The Morgan fingerprint density at radius 3 is 2.44 bits per heavy atom. The van der Waals surface area contributed by atoms with Crippen molar-refractivity contribution in [3.63, 3.8) is 0 Å². The SMILES string of the molecule is CC(C)C(=O)OC(C)(C)CN1CCOCC1. The fourth-order valence-electron chi connectivity index (χ4n) is 1.72. The maximum absolute atomic E-state index is 11.5. The molecule has 4 heteroatoms. The lowest BCUT2D eigenvalue weighted by Crippen LogP contribution is -2.47. The van der Waals surface area contributed by atoms with Gasteiger partial charge in [0.1, 0.15) is 5.60 Å². The predicted octanol–water partition coefficient (Wildman–Crippen LogP) is 1.30. The Morgan fingerprint density at radius 1 is 1.38 bits per heavy atom. The van der Waals surface area contributed by atoms with Crippen molar-refractivity contribution in [3.05, 3.63) is 0 Å². The topological polar surface area (TPSA) is 38.8 Å². The molecule has 0 atom stereocenters. The minimum atomic E-state index is -0.418. The highest BCUT2D eigenvalue weighted by Gasteiger charge is 2.27. The summed E-state index contributed by atoms with van der Waals surface area (Å²) >= 11 is 0. The summed E-state index contributed by atoms with van der Waals surface area (Å²) in [6.07, 6.45) is 0. The molecule has 0 saturated carbocycles. The van der Waals surface area contributed by atoms with Gasteiger partial charge >= 0.3 is 5.97 Å². The number of nitrogens with zero attached hydrogens (tertiary/aromatic N) is 1. The van der Waals surface area contributed by atoms with E-state index in [4.69, 9.17) is 9.47 Å². The summed E-state index contributed by atoms with van der Waals surface area (Å²) in [6.45, 7) is 11.8. The number of morpholine rings is 1. The van der Waals surface area contributed by atoms with Crippen molar-refractivity contribution in [1.82, 2.24) is 4.90 Å². The van der Waals surface area contributed by atoms with E-state index in [1.165, 1.54) is 0 Å². The van der Waals surface area contributed by atoms with Crippen LogP contribution < -0.4 is 0 Å². The van der Waals surface area contributed by atoms with Crippen molar-refractivity contribution in [2.24, 2.45) is 5.92 Å². The van der Waals surface area contributed by atoms with Crippen molar-refractivity contribution in [1.29, 1.82) is 0 Å². The van der Waals surface area contributed by atoms with Crippen LogP contribution in [0, 0.1) is 5.92 Å². The zero-order valence-corrected chi connectivity index (χ0v) is 10.8. The molecule has 1 aliphatic rings. The van der Waals surface area contributed by atoms with Crippen LogP contribution in [0.5, 0.6) is 0 Å². The summed E-state index contributed by atoms with van der Waals surface area (Å²) < 4.78 is 10.8. The normalized spacial score (nSPS) is 18.8. The van der Waals surface area contributed by atoms with Crippen LogP contribution in [0.2, 0.25) is 0 Å². The van der Waals surface area contributed by atoms with Crippen LogP contribution in [-0.2, 0) is 14.3 Å². The van der Waals surface area contributed by atoms with Gasteiger partial charge in [-0.15, -0.1) is 0 Å². The van der Waals surface area contributed by atoms with E-state index >= 15 is 0 Å². The molecule has 0 unspecified atom stereocenters. The van der Waals surface area contributed by atoms with Crippen LogP contribution in [-0.4, -0.2) is 49.3 Å². The molecule has 1 saturated heterocycles. The lowest BCUT2D eigenvalue weighted by molar-refractivity contribution is -0.162. The highest BCUT2D eigenvalue weighted by molar-refractivity contribution is 5.72. The van der Waals surface area contributed by atoms with E-state index in [9.17, 15) is 4.79 Å². The summed E-state index contributed by atoms with van der Waals surface area (Å²) in [7, 11) is 0. The number of esters is 1. The number of hydrogen-bond acceptors (Lipinski definition) is 4. The largest absolute Gasteiger partial charge is 0.458 e. The molecule has 1 aliphatic heterocycles. The summed E-state index contributed by atoms with van der Waals surface area (Å²) in [5, 5.41) is 0. The maximum Gasteiger partial charge on any atom is 0.308 e. The number of ether oxygens (including phenoxy) is 2. The van der Waals surface area contributed by atoms with Crippen molar-refractivity contribution >= 4 is 5.97 Å². The molecule has 94 valence electrons. The number of rotatable bonds is 4. The third-order valence-electron chi connectivity index (χ3n) is 2.56. The van der Waals surface area contributed by atoms with Crippen molar-refractivity contribution < 1.29 is 14.3 Å². The second-order valence-electron chi connectivity index (χ2n) is 5.22. The second kappa shape index (κ2) is 5.64. The van der Waals surface area contributed by atoms with Crippen LogP contribution in [0.1, 0.15) is 27.7 Å². The molecule has 0 aliphatic carbocycles. The molecular formula is C12H23NO3. The monoisotopic (exact) mass is 229 g/mol. The van der Waals surface area contributed by atoms with Crippen molar-refractivity contribution in [2.75, 3.05) is 32.8 Å². The fourth-order valence-corrected chi connectivity index (χ4v) is 1.72. The lowest BCUT2D eigenvalue weighted by atomic mass is 10.1. The summed E-state index contributed by atoms with van der Waals surface area (Å²) in [4.78, 5) is 13.8.